The third-order valence-corrected chi connectivity index (χ3v) is 4.90. The van der Waals surface area contributed by atoms with E-state index in [0.717, 1.165) is 26.6 Å². The minimum absolute atomic E-state index is 0.0395. The molecular weight excluding hydrogens is 320 g/mol. The maximum Gasteiger partial charge on any atom is 0.228 e. The summed E-state index contributed by atoms with van der Waals surface area (Å²) in [6.07, 6.45) is 4.13. The molecule has 0 atom stereocenters. The molecular formula is C18H16N4OS. The van der Waals surface area contributed by atoms with Crippen molar-refractivity contribution in [1.29, 1.82) is 0 Å². The summed E-state index contributed by atoms with van der Waals surface area (Å²) in [6.45, 7) is 0.519. The molecule has 1 amide bonds. The Morgan fingerprint density at radius 3 is 2.83 bits per heavy atom. The predicted molar refractivity (Wildman–Crippen MR) is 95.0 cm³/mol. The zero-order valence-electron chi connectivity index (χ0n) is 13.2. The topological polar surface area (TPSA) is 50.5 Å². The molecule has 0 aliphatic rings. The number of amides is 1. The van der Waals surface area contributed by atoms with E-state index in [1.54, 1.807) is 16.2 Å². The summed E-state index contributed by atoms with van der Waals surface area (Å²) in [5.41, 5.74) is 2.62. The van der Waals surface area contributed by atoms with E-state index in [0.29, 0.717) is 13.0 Å². The quantitative estimate of drug-likeness (QED) is 0.575. The first-order valence-corrected chi connectivity index (χ1v) is 8.52. The molecule has 5 nitrogen and oxygen atoms in total. The number of imidazole rings is 1. The van der Waals surface area contributed by atoms with Gasteiger partial charge in [-0.15, -0.1) is 11.3 Å². The summed E-state index contributed by atoms with van der Waals surface area (Å²) in [7, 11) is 1.81. The average molecular weight is 336 g/mol. The van der Waals surface area contributed by atoms with Gasteiger partial charge in [0.25, 0.3) is 0 Å². The largest absolute Gasteiger partial charge is 0.339 e. The number of hydrogen-bond acceptors (Lipinski definition) is 4. The first kappa shape index (κ1) is 14.8. The van der Waals surface area contributed by atoms with Crippen molar-refractivity contribution in [2.24, 2.45) is 0 Å². The van der Waals surface area contributed by atoms with Gasteiger partial charge < -0.3 is 9.30 Å². The van der Waals surface area contributed by atoms with E-state index in [-0.39, 0.29) is 5.91 Å². The molecule has 1 aromatic carbocycles. The van der Waals surface area contributed by atoms with Crippen molar-refractivity contribution in [2.45, 2.75) is 13.0 Å². The lowest BCUT2D eigenvalue weighted by molar-refractivity contribution is -0.129. The van der Waals surface area contributed by atoms with Gasteiger partial charge in [-0.3, -0.25) is 4.79 Å². The lowest BCUT2D eigenvalue weighted by atomic mass is 10.3. The van der Waals surface area contributed by atoms with E-state index in [1.807, 2.05) is 60.2 Å². The molecule has 0 saturated heterocycles. The molecule has 0 aliphatic carbocycles. The minimum Gasteiger partial charge on any atom is -0.339 e. The maximum atomic E-state index is 12.5. The number of thiazole rings is 1. The summed E-state index contributed by atoms with van der Waals surface area (Å²) in [5, 5.41) is 0.946. The van der Waals surface area contributed by atoms with Gasteiger partial charge >= 0.3 is 0 Å². The van der Waals surface area contributed by atoms with Gasteiger partial charge in [0, 0.05) is 19.4 Å². The van der Waals surface area contributed by atoms with Crippen LogP contribution < -0.4 is 0 Å². The van der Waals surface area contributed by atoms with Crippen molar-refractivity contribution in [1.82, 2.24) is 19.3 Å². The van der Waals surface area contributed by atoms with Crippen LogP contribution in [0.15, 0.2) is 54.9 Å². The number of para-hydroxylation sites is 1. The van der Waals surface area contributed by atoms with Gasteiger partial charge in [-0.1, -0.05) is 18.2 Å². The van der Waals surface area contributed by atoms with E-state index >= 15 is 0 Å². The van der Waals surface area contributed by atoms with Gasteiger partial charge in [0.2, 0.25) is 5.91 Å². The van der Waals surface area contributed by atoms with Crippen LogP contribution in [-0.4, -0.2) is 32.2 Å². The van der Waals surface area contributed by atoms with Crippen LogP contribution in [0.5, 0.6) is 0 Å². The molecule has 0 bridgehead atoms. The lowest BCUT2D eigenvalue weighted by Crippen LogP contribution is -2.27. The number of fused-ring (bicyclic) bond motifs is 2. The van der Waals surface area contributed by atoms with E-state index in [2.05, 4.69) is 16.0 Å². The summed E-state index contributed by atoms with van der Waals surface area (Å²) >= 11 is 1.63. The van der Waals surface area contributed by atoms with Crippen molar-refractivity contribution < 1.29 is 4.79 Å². The number of likely N-dealkylation sites (N-methyl/N-ethyl adjacent to an activating group) is 1. The smallest absolute Gasteiger partial charge is 0.228 e. The molecule has 24 heavy (non-hydrogen) atoms. The van der Waals surface area contributed by atoms with Crippen LogP contribution in [-0.2, 0) is 17.8 Å². The van der Waals surface area contributed by atoms with E-state index in [9.17, 15) is 4.79 Å². The number of benzene rings is 1. The van der Waals surface area contributed by atoms with Crippen molar-refractivity contribution in [3.05, 3.63) is 65.6 Å². The normalized spacial score (nSPS) is 11.2. The second-order valence-corrected chi connectivity index (χ2v) is 6.82. The van der Waals surface area contributed by atoms with Crippen LogP contribution in [0.2, 0.25) is 0 Å². The Morgan fingerprint density at radius 1 is 1.17 bits per heavy atom. The highest BCUT2D eigenvalue weighted by Gasteiger charge is 2.14. The van der Waals surface area contributed by atoms with Gasteiger partial charge in [-0.2, -0.15) is 0 Å². The van der Waals surface area contributed by atoms with Crippen LogP contribution in [0.4, 0.5) is 0 Å². The molecule has 0 N–H and O–H groups in total. The van der Waals surface area contributed by atoms with Gasteiger partial charge in [0.15, 0.2) is 0 Å². The molecule has 3 heterocycles. The van der Waals surface area contributed by atoms with Crippen molar-refractivity contribution in [3.8, 4) is 0 Å². The van der Waals surface area contributed by atoms with E-state index < -0.39 is 0 Å². The molecule has 6 heteroatoms. The monoisotopic (exact) mass is 336 g/mol. The molecule has 4 rings (SSSR count). The highest BCUT2D eigenvalue weighted by atomic mass is 32.1. The SMILES string of the molecule is CN(Cc1nc2ccccc2s1)C(=O)Cc1cn2ccccc2n1. The van der Waals surface area contributed by atoms with E-state index in [4.69, 9.17) is 0 Å². The Balaban J connectivity index is 1.47. The third kappa shape index (κ3) is 2.88. The van der Waals surface area contributed by atoms with Crippen LogP contribution >= 0.6 is 11.3 Å². The standard InChI is InChI=1S/C18H16N4OS/c1-21(12-17-20-14-6-2-3-7-15(14)24-17)18(23)10-13-11-22-9-5-4-8-16(22)19-13/h2-9,11H,10,12H2,1H3. The zero-order valence-corrected chi connectivity index (χ0v) is 14.0. The van der Waals surface area contributed by atoms with Crippen LogP contribution in [0.25, 0.3) is 15.9 Å². The molecule has 0 aliphatic heterocycles. The Hall–Kier alpha value is -2.73. The van der Waals surface area contributed by atoms with Gasteiger partial charge in [-0.05, 0) is 24.3 Å². The number of rotatable bonds is 4. The minimum atomic E-state index is 0.0395. The summed E-state index contributed by atoms with van der Waals surface area (Å²) < 4.78 is 3.07. The molecule has 4 aromatic rings. The molecule has 120 valence electrons. The molecule has 0 unspecified atom stereocenters. The van der Waals surface area contributed by atoms with Crippen LogP contribution in [0.1, 0.15) is 10.7 Å². The third-order valence-electron chi connectivity index (χ3n) is 3.88. The fraction of sp³-hybridized carbons (Fsp3) is 0.167. The first-order valence-electron chi connectivity index (χ1n) is 7.70. The van der Waals surface area contributed by atoms with Crippen LogP contribution in [0, 0.1) is 0 Å². The number of carbonyl (C=O) groups is 1. The van der Waals surface area contributed by atoms with Crippen molar-refractivity contribution >= 4 is 33.1 Å². The zero-order chi connectivity index (χ0) is 16.5. The summed E-state index contributed by atoms with van der Waals surface area (Å²) in [6, 6.07) is 13.8. The lowest BCUT2D eigenvalue weighted by Gasteiger charge is -2.14. The van der Waals surface area contributed by atoms with Gasteiger partial charge in [0.05, 0.1) is 28.9 Å². The molecule has 0 fully saturated rings. The van der Waals surface area contributed by atoms with Crippen molar-refractivity contribution in [2.75, 3.05) is 7.05 Å². The average Bonchev–Trinajstić information content (AvgIpc) is 3.16. The molecule has 3 aromatic heterocycles. The molecule has 0 spiro atoms. The van der Waals surface area contributed by atoms with Gasteiger partial charge in [0.1, 0.15) is 10.7 Å². The highest BCUT2D eigenvalue weighted by molar-refractivity contribution is 7.18. The summed E-state index contributed by atoms with van der Waals surface area (Å²) in [4.78, 5) is 23.2. The highest BCUT2D eigenvalue weighted by Crippen LogP contribution is 2.22. The number of hydrogen-bond donors (Lipinski definition) is 0. The van der Waals surface area contributed by atoms with Crippen molar-refractivity contribution in [3.63, 3.8) is 0 Å². The molecule has 0 saturated carbocycles. The summed E-state index contributed by atoms with van der Waals surface area (Å²) in [5.74, 6) is 0.0395. The predicted octanol–water partition coefficient (Wildman–Crippen LogP) is 3.15. The fourth-order valence-electron chi connectivity index (χ4n) is 2.64. The van der Waals surface area contributed by atoms with Crippen LogP contribution in [0.3, 0.4) is 0 Å². The Morgan fingerprint density at radius 2 is 2.00 bits per heavy atom. The molecule has 0 radical (unpaired) electrons. The Bertz CT molecular complexity index is 954. The number of carbonyl (C=O) groups excluding carboxylic acids is 1. The fourth-order valence-corrected chi connectivity index (χ4v) is 3.66. The number of nitrogens with zero attached hydrogens (tertiary/aromatic N) is 4. The van der Waals surface area contributed by atoms with Gasteiger partial charge in [-0.25, -0.2) is 9.97 Å². The second kappa shape index (κ2) is 6.05. The Labute approximate surface area is 143 Å². The maximum absolute atomic E-state index is 12.5. The first-order chi connectivity index (χ1) is 11.7. The van der Waals surface area contributed by atoms with E-state index in [1.165, 1.54) is 0 Å². The number of pyridine rings is 1. The Kier molecular flexibility index (Phi) is 3.74. The second-order valence-electron chi connectivity index (χ2n) is 5.70. The number of aromatic nitrogens is 3.